The molecular weight excluding hydrogens is 381 g/mol. The van der Waals surface area contributed by atoms with E-state index in [1.807, 2.05) is 6.92 Å². The van der Waals surface area contributed by atoms with Crippen LogP contribution in [0.5, 0.6) is 0 Å². The van der Waals surface area contributed by atoms with Crippen molar-refractivity contribution in [3.63, 3.8) is 0 Å². The lowest BCUT2D eigenvalue weighted by molar-refractivity contribution is -0.345. The summed E-state index contributed by atoms with van der Waals surface area (Å²) in [5, 5.41) is 15.1. The predicted molar refractivity (Wildman–Crippen MR) is 94.6 cm³/mol. The van der Waals surface area contributed by atoms with Crippen molar-refractivity contribution < 1.29 is 27.5 Å². The van der Waals surface area contributed by atoms with Crippen LogP contribution in [0, 0.1) is 0 Å². The van der Waals surface area contributed by atoms with E-state index in [1.165, 1.54) is 0 Å². The van der Waals surface area contributed by atoms with Gasteiger partial charge in [-0.25, -0.2) is 4.79 Å². The molecule has 162 valence electrons. The first-order valence-electron chi connectivity index (χ1n) is 9.46. The van der Waals surface area contributed by atoms with E-state index in [1.54, 1.807) is 0 Å². The molecule has 1 saturated carbocycles. The summed E-state index contributed by atoms with van der Waals surface area (Å²) in [7, 11) is 0. The zero-order chi connectivity index (χ0) is 20.7. The van der Waals surface area contributed by atoms with Crippen LogP contribution < -0.4 is 32.3 Å². The molecule has 3 unspecified atom stereocenters. The lowest BCUT2D eigenvalue weighted by Gasteiger charge is -2.37. The van der Waals surface area contributed by atoms with E-state index in [9.17, 15) is 22.8 Å². The smallest absolute Gasteiger partial charge is 0.370 e. The Labute approximate surface area is 161 Å². The number of nitrogens with two attached hydrogens (primary N) is 1. The molecule has 28 heavy (non-hydrogen) atoms. The molecule has 0 aromatic heterocycles. The van der Waals surface area contributed by atoms with Crippen LogP contribution >= 0.6 is 0 Å². The fourth-order valence-corrected chi connectivity index (χ4v) is 3.49. The molecule has 3 amide bonds. The summed E-state index contributed by atoms with van der Waals surface area (Å²) in [5.74, 6) is -0.390. The standard InChI is InChI=1S/C16H29F3N6O3/c1-9-8-13(21-7-6-12(20)26)24-14(22-9)25-15(27)23-10-2-4-11(5-3-10)28-16(17,18)19/h9-11,13-14,21-22,24H,2-8H2,1H3,(H2,20,26)(H2,23,25,27). The summed E-state index contributed by atoms with van der Waals surface area (Å²) in [6.45, 7) is 2.40. The minimum Gasteiger partial charge on any atom is -0.370 e. The van der Waals surface area contributed by atoms with Crippen LogP contribution in [0.2, 0.25) is 0 Å². The average Bonchev–Trinajstić information content (AvgIpc) is 2.54. The maximum Gasteiger partial charge on any atom is 0.522 e. The number of hydrogen-bond donors (Lipinski definition) is 6. The van der Waals surface area contributed by atoms with Gasteiger partial charge in [-0.2, -0.15) is 0 Å². The Morgan fingerprint density at radius 2 is 1.82 bits per heavy atom. The van der Waals surface area contributed by atoms with Crippen molar-refractivity contribution in [2.45, 2.75) is 82.5 Å². The summed E-state index contributed by atoms with van der Waals surface area (Å²) in [4.78, 5) is 23.0. The number of carbonyl (C=O) groups excluding carboxylic acids is 2. The molecule has 0 bridgehead atoms. The molecule has 2 aliphatic rings. The van der Waals surface area contributed by atoms with Gasteiger partial charge in [-0.1, -0.05) is 0 Å². The number of carbonyl (C=O) groups is 2. The van der Waals surface area contributed by atoms with Gasteiger partial charge in [0, 0.05) is 25.0 Å². The van der Waals surface area contributed by atoms with Crippen LogP contribution in [0.1, 0.15) is 45.4 Å². The van der Waals surface area contributed by atoms with Crippen molar-refractivity contribution in [3.05, 3.63) is 0 Å². The maximum absolute atomic E-state index is 12.2. The van der Waals surface area contributed by atoms with Gasteiger partial charge in [0.1, 0.15) is 6.29 Å². The van der Waals surface area contributed by atoms with Gasteiger partial charge in [-0.05, 0) is 39.0 Å². The molecule has 0 aromatic rings. The summed E-state index contributed by atoms with van der Waals surface area (Å²) in [6.07, 6.45) is -3.76. The Balaban J connectivity index is 1.70. The molecule has 1 saturated heterocycles. The number of hydrogen-bond acceptors (Lipinski definition) is 6. The molecule has 2 rings (SSSR count). The second-order valence-electron chi connectivity index (χ2n) is 7.28. The molecule has 7 N–H and O–H groups in total. The van der Waals surface area contributed by atoms with Gasteiger partial charge < -0.3 is 21.7 Å². The summed E-state index contributed by atoms with van der Waals surface area (Å²) < 4.78 is 40.8. The second kappa shape index (κ2) is 10.2. The Kier molecular flexibility index (Phi) is 8.28. The molecule has 0 spiro atoms. The van der Waals surface area contributed by atoms with Crippen molar-refractivity contribution in [1.29, 1.82) is 0 Å². The average molecular weight is 410 g/mol. The number of primary amides is 1. The molecule has 3 atom stereocenters. The Hall–Kier alpha value is -1.63. The molecule has 0 aromatic carbocycles. The van der Waals surface area contributed by atoms with Gasteiger partial charge in [-0.15, -0.1) is 13.2 Å². The van der Waals surface area contributed by atoms with Crippen LogP contribution in [0.25, 0.3) is 0 Å². The van der Waals surface area contributed by atoms with E-state index in [4.69, 9.17) is 5.73 Å². The van der Waals surface area contributed by atoms with E-state index in [2.05, 4.69) is 31.3 Å². The lowest BCUT2D eigenvalue weighted by Crippen LogP contribution is -2.68. The summed E-state index contributed by atoms with van der Waals surface area (Å²) in [6, 6.07) is -0.485. The second-order valence-corrected chi connectivity index (χ2v) is 7.28. The van der Waals surface area contributed by atoms with Crippen LogP contribution in [0.4, 0.5) is 18.0 Å². The summed E-state index contributed by atoms with van der Waals surface area (Å²) in [5.41, 5.74) is 5.12. The van der Waals surface area contributed by atoms with Gasteiger partial charge in [0.15, 0.2) is 0 Å². The van der Waals surface area contributed by atoms with Gasteiger partial charge in [0.05, 0.1) is 12.3 Å². The molecule has 1 aliphatic carbocycles. The minimum absolute atomic E-state index is 0.101. The van der Waals surface area contributed by atoms with Gasteiger partial charge >= 0.3 is 12.4 Å². The van der Waals surface area contributed by atoms with Gasteiger partial charge in [0.25, 0.3) is 0 Å². The predicted octanol–water partition coefficient (Wildman–Crippen LogP) is 0.179. The Bertz CT molecular complexity index is 528. The maximum atomic E-state index is 12.2. The first-order valence-corrected chi connectivity index (χ1v) is 9.46. The fourth-order valence-electron chi connectivity index (χ4n) is 3.49. The molecule has 9 nitrogen and oxygen atoms in total. The van der Waals surface area contributed by atoms with Crippen molar-refractivity contribution in [2.24, 2.45) is 5.73 Å². The molecule has 1 aliphatic heterocycles. The molecule has 1 heterocycles. The highest BCUT2D eigenvalue weighted by Gasteiger charge is 2.35. The SMILES string of the molecule is CC1CC(NCCC(N)=O)NC(NC(=O)NC2CCC(OC(F)(F)F)CC2)N1. The van der Waals surface area contributed by atoms with Crippen LogP contribution in [-0.4, -0.2) is 55.5 Å². The van der Waals surface area contributed by atoms with Crippen LogP contribution in [0.15, 0.2) is 0 Å². The monoisotopic (exact) mass is 410 g/mol. The Morgan fingerprint density at radius 3 is 2.43 bits per heavy atom. The minimum atomic E-state index is -4.63. The molecule has 12 heteroatoms. The van der Waals surface area contributed by atoms with Crippen LogP contribution in [0.3, 0.4) is 0 Å². The lowest BCUT2D eigenvalue weighted by atomic mass is 9.93. The number of amides is 3. The third kappa shape index (κ3) is 8.59. The molecular formula is C16H29F3N6O3. The quantitative estimate of drug-likeness (QED) is 0.355. The highest BCUT2D eigenvalue weighted by molar-refractivity contribution is 5.74. The zero-order valence-corrected chi connectivity index (χ0v) is 15.8. The van der Waals surface area contributed by atoms with E-state index in [0.717, 1.165) is 6.42 Å². The molecule has 0 radical (unpaired) electrons. The van der Waals surface area contributed by atoms with E-state index in [-0.39, 0.29) is 43.4 Å². The first-order chi connectivity index (χ1) is 13.1. The number of ether oxygens (including phenoxy) is 1. The number of alkyl halides is 3. The third-order valence-electron chi connectivity index (χ3n) is 4.76. The highest BCUT2D eigenvalue weighted by atomic mass is 19.4. The van der Waals surface area contributed by atoms with E-state index in [0.29, 0.717) is 19.4 Å². The van der Waals surface area contributed by atoms with Crippen molar-refractivity contribution in [3.8, 4) is 0 Å². The topological polar surface area (TPSA) is 130 Å². The number of urea groups is 1. The van der Waals surface area contributed by atoms with Gasteiger partial charge in [0.2, 0.25) is 5.91 Å². The van der Waals surface area contributed by atoms with Gasteiger partial charge in [-0.3, -0.25) is 20.2 Å². The van der Waals surface area contributed by atoms with Crippen molar-refractivity contribution in [1.82, 2.24) is 26.6 Å². The van der Waals surface area contributed by atoms with Crippen molar-refractivity contribution >= 4 is 11.9 Å². The fraction of sp³-hybridized carbons (Fsp3) is 0.875. The van der Waals surface area contributed by atoms with Crippen molar-refractivity contribution in [2.75, 3.05) is 6.54 Å². The Morgan fingerprint density at radius 1 is 1.14 bits per heavy atom. The zero-order valence-electron chi connectivity index (χ0n) is 15.8. The third-order valence-corrected chi connectivity index (χ3v) is 4.76. The number of nitrogens with one attached hydrogen (secondary N) is 5. The highest BCUT2D eigenvalue weighted by Crippen LogP contribution is 2.27. The first kappa shape index (κ1) is 22.7. The molecule has 2 fully saturated rings. The number of halogens is 3. The van der Waals surface area contributed by atoms with E-state index >= 15 is 0 Å². The largest absolute Gasteiger partial charge is 0.522 e. The van der Waals surface area contributed by atoms with Crippen LogP contribution in [-0.2, 0) is 9.53 Å². The summed E-state index contributed by atoms with van der Waals surface area (Å²) >= 11 is 0. The normalized spacial score (nSPS) is 31.2. The van der Waals surface area contributed by atoms with E-state index < -0.39 is 24.8 Å². The number of rotatable bonds is 7.